The number of hydrogen-bond acceptors (Lipinski definition) is 2. The van der Waals surface area contributed by atoms with Crippen molar-refractivity contribution in [1.82, 2.24) is 0 Å². The molecule has 0 saturated heterocycles. The summed E-state index contributed by atoms with van der Waals surface area (Å²) in [6.07, 6.45) is 0.457. The standard InChI is InChI=1S/C18H18O3/c1-2-18(17(20)21,13-14-9-5-3-6-10-14)16(19)15-11-7-4-8-12-15/h3-12H,2,13H2,1H3,(H,20,21). The highest BCUT2D eigenvalue weighted by atomic mass is 16.4. The average Bonchev–Trinajstić information content (AvgIpc) is 2.53. The van der Waals surface area contributed by atoms with E-state index in [1.54, 1.807) is 31.2 Å². The molecule has 0 radical (unpaired) electrons. The van der Waals surface area contributed by atoms with Crippen molar-refractivity contribution in [2.75, 3.05) is 0 Å². The van der Waals surface area contributed by atoms with Crippen LogP contribution in [0.2, 0.25) is 0 Å². The number of Topliss-reactive ketones (excluding diaryl/α,β-unsaturated/α-hetero) is 1. The summed E-state index contributed by atoms with van der Waals surface area (Å²) in [5.74, 6) is -1.40. The number of ketones is 1. The molecule has 0 aliphatic carbocycles. The summed E-state index contributed by atoms with van der Waals surface area (Å²) in [5, 5.41) is 9.70. The minimum atomic E-state index is -1.41. The second-order valence-corrected chi connectivity index (χ2v) is 5.10. The number of carbonyl (C=O) groups excluding carboxylic acids is 1. The zero-order valence-electron chi connectivity index (χ0n) is 12.0. The third-order valence-electron chi connectivity index (χ3n) is 3.83. The molecule has 3 nitrogen and oxygen atoms in total. The molecule has 0 fully saturated rings. The van der Waals surface area contributed by atoms with Crippen LogP contribution in [-0.4, -0.2) is 16.9 Å². The fourth-order valence-electron chi connectivity index (χ4n) is 2.50. The molecule has 0 aliphatic heterocycles. The quantitative estimate of drug-likeness (QED) is 0.650. The number of hydrogen-bond donors (Lipinski definition) is 1. The average molecular weight is 282 g/mol. The van der Waals surface area contributed by atoms with Crippen LogP contribution in [0.1, 0.15) is 29.3 Å². The monoisotopic (exact) mass is 282 g/mol. The summed E-state index contributed by atoms with van der Waals surface area (Å²) < 4.78 is 0. The van der Waals surface area contributed by atoms with Crippen LogP contribution in [0.25, 0.3) is 0 Å². The maximum Gasteiger partial charge on any atom is 0.317 e. The number of carbonyl (C=O) groups is 2. The van der Waals surface area contributed by atoms with Crippen molar-refractivity contribution in [2.24, 2.45) is 5.41 Å². The Hall–Kier alpha value is -2.42. The second-order valence-electron chi connectivity index (χ2n) is 5.10. The van der Waals surface area contributed by atoms with Gasteiger partial charge >= 0.3 is 5.97 Å². The molecule has 3 heteroatoms. The Morgan fingerprint density at radius 3 is 1.95 bits per heavy atom. The van der Waals surface area contributed by atoms with Crippen molar-refractivity contribution in [1.29, 1.82) is 0 Å². The molecule has 0 saturated carbocycles. The second kappa shape index (κ2) is 6.35. The molecular weight excluding hydrogens is 264 g/mol. The fraction of sp³-hybridized carbons (Fsp3) is 0.222. The van der Waals surface area contributed by atoms with Crippen LogP contribution in [-0.2, 0) is 11.2 Å². The third-order valence-corrected chi connectivity index (χ3v) is 3.83. The molecule has 0 amide bonds. The lowest BCUT2D eigenvalue weighted by Crippen LogP contribution is -2.41. The van der Waals surface area contributed by atoms with E-state index in [0.717, 1.165) is 5.56 Å². The molecular formula is C18H18O3. The van der Waals surface area contributed by atoms with Gasteiger partial charge in [-0.1, -0.05) is 67.6 Å². The predicted octanol–water partition coefficient (Wildman–Crippen LogP) is 3.59. The highest BCUT2D eigenvalue weighted by molar-refractivity contribution is 6.12. The first-order valence-electron chi connectivity index (χ1n) is 6.97. The van der Waals surface area contributed by atoms with Crippen LogP contribution in [0.5, 0.6) is 0 Å². The van der Waals surface area contributed by atoms with Gasteiger partial charge in [-0.15, -0.1) is 0 Å². The SMILES string of the molecule is CCC(Cc1ccccc1)(C(=O)O)C(=O)c1ccccc1. The summed E-state index contributed by atoms with van der Waals surface area (Å²) in [5.41, 5.74) is -0.119. The van der Waals surface area contributed by atoms with E-state index in [1.807, 2.05) is 36.4 Å². The van der Waals surface area contributed by atoms with Crippen molar-refractivity contribution in [3.63, 3.8) is 0 Å². The highest BCUT2D eigenvalue weighted by Crippen LogP contribution is 2.32. The molecule has 0 heterocycles. The molecule has 2 aromatic carbocycles. The Bertz CT molecular complexity index is 619. The van der Waals surface area contributed by atoms with E-state index in [1.165, 1.54) is 0 Å². The molecule has 0 spiro atoms. The van der Waals surface area contributed by atoms with Crippen molar-refractivity contribution >= 4 is 11.8 Å². The summed E-state index contributed by atoms with van der Waals surface area (Å²) in [6, 6.07) is 17.9. The van der Waals surface area contributed by atoms with E-state index in [-0.39, 0.29) is 18.6 Å². The first-order valence-corrected chi connectivity index (χ1v) is 6.97. The number of aliphatic carboxylic acids is 1. The van der Waals surface area contributed by atoms with Crippen molar-refractivity contribution in [3.05, 3.63) is 71.8 Å². The minimum absolute atomic E-state index is 0.202. The Labute approximate surface area is 124 Å². The van der Waals surface area contributed by atoms with Gasteiger partial charge in [0, 0.05) is 5.56 Å². The Kier molecular flexibility index (Phi) is 4.53. The van der Waals surface area contributed by atoms with Gasteiger partial charge in [0.25, 0.3) is 0 Å². The normalized spacial score (nSPS) is 13.4. The van der Waals surface area contributed by atoms with Crippen LogP contribution in [0.15, 0.2) is 60.7 Å². The van der Waals surface area contributed by atoms with Crippen molar-refractivity contribution in [3.8, 4) is 0 Å². The smallest absolute Gasteiger partial charge is 0.317 e. The third kappa shape index (κ3) is 3.02. The number of carboxylic acids is 1. The van der Waals surface area contributed by atoms with Gasteiger partial charge in [0.1, 0.15) is 5.41 Å². The van der Waals surface area contributed by atoms with Gasteiger partial charge < -0.3 is 5.11 Å². The number of benzene rings is 2. The number of rotatable bonds is 6. The van der Waals surface area contributed by atoms with E-state index in [2.05, 4.69) is 0 Å². The molecule has 2 aromatic rings. The Balaban J connectivity index is 2.42. The van der Waals surface area contributed by atoms with Crippen LogP contribution in [0.3, 0.4) is 0 Å². The molecule has 108 valence electrons. The molecule has 21 heavy (non-hydrogen) atoms. The molecule has 0 aliphatic rings. The maximum atomic E-state index is 12.8. The molecule has 2 rings (SSSR count). The summed E-state index contributed by atoms with van der Waals surface area (Å²) in [6.45, 7) is 1.75. The van der Waals surface area contributed by atoms with Crippen molar-refractivity contribution < 1.29 is 14.7 Å². The van der Waals surface area contributed by atoms with Gasteiger partial charge in [-0.05, 0) is 18.4 Å². The van der Waals surface area contributed by atoms with Crippen LogP contribution < -0.4 is 0 Å². The van der Waals surface area contributed by atoms with Gasteiger partial charge in [0.05, 0.1) is 0 Å². The first-order chi connectivity index (χ1) is 10.1. The van der Waals surface area contributed by atoms with Gasteiger partial charge in [0.2, 0.25) is 0 Å². The van der Waals surface area contributed by atoms with Crippen LogP contribution in [0, 0.1) is 5.41 Å². The van der Waals surface area contributed by atoms with E-state index >= 15 is 0 Å². The molecule has 1 N–H and O–H groups in total. The van der Waals surface area contributed by atoms with E-state index in [0.29, 0.717) is 5.56 Å². The molecule has 1 atom stereocenters. The minimum Gasteiger partial charge on any atom is -0.480 e. The lowest BCUT2D eigenvalue weighted by Gasteiger charge is -2.27. The zero-order chi connectivity index (χ0) is 15.3. The molecule has 1 unspecified atom stereocenters. The largest absolute Gasteiger partial charge is 0.480 e. The summed E-state index contributed by atoms with van der Waals surface area (Å²) in [7, 11) is 0. The zero-order valence-corrected chi connectivity index (χ0v) is 12.0. The first kappa shape index (κ1) is 15.0. The highest BCUT2D eigenvalue weighted by Gasteiger charge is 2.44. The van der Waals surface area contributed by atoms with Gasteiger partial charge in [-0.2, -0.15) is 0 Å². The fourth-order valence-corrected chi connectivity index (χ4v) is 2.50. The van der Waals surface area contributed by atoms with E-state index in [4.69, 9.17) is 0 Å². The predicted molar refractivity (Wildman–Crippen MR) is 81.3 cm³/mol. The Morgan fingerprint density at radius 2 is 1.48 bits per heavy atom. The summed E-state index contributed by atoms with van der Waals surface area (Å²) >= 11 is 0. The lowest BCUT2D eigenvalue weighted by atomic mass is 9.73. The lowest BCUT2D eigenvalue weighted by molar-refractivity contribution is -0.146. The topological polar surface area (TPSA) is 54.4 Å². The Morgan fingerprint density at radius 1 is 0.952 bits per heavy atom. The van der Waals surface area contributed by atoms with Crippen LogP contribution in [0.4, 0.5) is 0 Å². The molecule has 0 bridgehead atoms. The van der Waals surface area contributed by atoms with E-state index < -0.39 is 11.4 Å². The van der Waals surface area contributed by atoms with Gasteiger partial charge in [0.15, 0.2) is 5.78 Å². The van der Waals surface area contributed by atoms with E-state index in [9.17, 15) is 14.7 Å². The number of carboxylic acid groups (broad SMARTS) is 1. The van der Waals surface area contributed by atoms with Crippen LogP contribution >= 0.6 is 0 Å². The summed E-state index contributed by atoms with van der Waals surface area (Å²) in [4.78, 5) is 24.6. The van der Waals surface area contributed by atoms with Gasteiger partial charge in [-0.3, -0.25) is 9.59 Å². The van der Waals surface area contributed by atoms with Crippen molar-refractivity contribution in [2.45, 2.75) is 19.8 Å². The molecule has 0 aromatic heterocycles. The maximum absolute atomic E-state index is 12.8. The van der Waals surface area contributed by atoms with Gasteiger partial charge in [-0.25, -0.2) is 0 Å².